The molecule has 0 aromatic carbocycles. The van der Waals surface area contributed by atoms with Crippen molar-refractivity contribution in [3.8, 4) is 5.88 Å². The highest BCUT2D eigenvalue weighted by Gasteiger charge is 2.12. The fourth-order valence-corrected chi connectivity index (χ4v) is 1.18. The van der Waals surface area contributed by atoms with Crippen LogP contribution in [0.1, 0.15) is 13.8 Å². The van der Waals surface area contributed by atoms with E-state index in [1.165, 1.54) is 7.11 Å². The van der Waals surface area contributed by atoms with Gasteiger partial charge in [0.05, 0.1) is 13.7 Å². The Labute approximate surface area is 94.8 Å². The van der Waals surface area contributed by atoms with E-state index in [1.54, 1.807) is 19.1 Å². The van der Waals surface area contributed by atoms with Gasteiger partial charge in [-0.05, 0) is 19.9 Å². The minimum atomic E-state index is -0.436. The summed E-state index contributed by atoms with van der Waals surface area (Å²) in [6, 6.07) is 4.90. The topological polar surface area (TPSA) is 60.5 Å². The summed E-state index contributed by atoms with van der Waals surface area (Å²) in [4.78, 5) is 15.4. The summed E-state index contributed by atoms with van der Waals surface area (Å²) in [6.45, 7) is 4.16. The smallest absolute Gasteiger partial charge is 0.328 e. The van der Waals surface area contributed by atoms with E-state index in [2.05, 4.69) is 15.0 Å². The molecule has 88 valence electrons. The second-order valence-electron chi connectivity index (χ2n) is 3.18. The second kappa shape index (κ2) is 5.95. The molecule has 1 aromatic heterocycles. The molecule has 0 amide bonds. The summed E-state index contributed by atoms with van der Waals surface area (Å²) in [7, 11) is 1.35. The highest BCUT2D eigenvalue weighted by atomic mass is 16.5. The van der Waals surface area contributed by atoms with Crippen molar-refractivity contribution in [1.29, 1.82) is 0 Å². The van der Waals surface area contributed by atoms with Crippen LogP contribution < -0.4 is 10.1 Å². The Morgan fingerprint density at radius 3 is 2.94 bits per heavy atom. The molecule has 1 N–H and O–H groups in total. The lowest BCUT2D eigenvalue weighted by molar-refractivity contribution is -0.141. The van der Waals surface area contributed by atoms with Crippen LogP contribution in [0.2, 0.25) is 0 Å². The predicted molar refractivity (Wildman–Crippen MR) is 60.5 cm³/mol. The van der Waals surface area contributed by atoms with Gasteiger partial charge in [-0.1, -0.05) is 6.07 Å². The predicted octanol–water partition coefficient (Wildman–Crippen LogP) is 1.45. The molecule has 1 aromatic rings. The lowest BCUT2D eigenvalue weighted by Gasteiger charge is -2.12. The molecule has 1 unspecified atom stereocenters. The van der Waals surface area contributed by atoms with E-state index in [-0.39, 0.29) is 5.97 Å². The van der Waals surface area contributed by atoms with E-state index in [1.807, 2.05) is 13.0 Å². The standard InChI is InChI=1S/C11H16N2O3/c1-4-16-10-7-5-6-9(13-10)12-8(2)11(14)15-3/h5-8H,4H2,1-3H3,(H,12,13). The molecule has 0 radical (unpaired) electrons. The minimum Gasteiger partial charge on any atom is -0.478 e. The first kappa shape index (κ1) is 12.3. The Morgan fingerprint density at radius 1 is 1.56 bits per heavy atom. The largest absolute Gasteiger partial charge is 0.478 e. The van der Waals surface area contributed by atoms with Crippen LogP contribution in [0.15, 0.2) is 18.2 Å². The molecule has 1 heterocycles. The van der Waals surface area contributed by atoms with Gasteiger partial charge in [-0.2, -0.15) is 4.98 Å². The summed E-state index contributed by atoms with van der Waals surface area (Å²) in [5.41, 5.74) is 0. The first-order chi connectivity index (χ1) is 7.67. The molecule has 0 aliphatic heterocycles. The van der Waals surface area contributed by atoms with Crippen LogP contribution in [-0.4, -0.2) is 30.7 Å². The van der Waals surface area contributed by atoms with E-state index in [9.17, 15) is 4.79 Å². The first-order valence-electron chi connectivity index (χ1n) is 5.11. The third-order valence-corrected chi connectivity index (χ3v) is 1.93. The molecule has 0 saturated carbocycles. The highest BCUT2D eigenvalue weighted by molar-refractivity contribution is 5.78. The van der Waals surface area contributed by atoms with Crippen molar-refractivity contribution in [2.45, 2.75) is 19.9 Å². The van der Waals surface area contributed by atoms with Crippen molar-refractivity contribution in [2.24, 2.45) is 0 Å². The Kier molecular flexibility index (Phi) is 4.57. The number of carbonyl (C=O) groups is 1. The Morgan fingerprint density at radius 2 is 2.31 bits per heavy atom. The summed E-state index contributed by atoms with van der Waals surface area (Å²) in [5, 5.41) is 2.93. The molecule has 16 heavy (non-hydrogen) atoms. The fourth-order valence-electron chi connectivity index (χ4n) is 1.18. The van der Waals surface area contributed by atoms with Crippen LogP contribution in [0.4, 0.5) is 5.82 Å². The van der Waals surface area contributed by atoms with Crippen molar-refractivity contribution in [2.75, 3.05) is 19.0 Å². The Hall–Kier alpha value is -1.78. The molecular weight excluding hydrogens is 208 g/mol. The zero-order chi connectivity index (χ0) is 12.0. The zero-order valence-electron chi connectivity index (χ0n) is 9.69. The molecule has 0 fully saturated rings. The second-order valence-corrected chi connectivity index (χ2v) is 3.18. The maximum atomic E-state index is 11.2. The van der Waals surface area contributed by atoms with Crippen molar-refractivity contribution >= 4 is 11.8 Å². The number of nitrogens with zero attached hydrogens (tertiary/aromatic N) is 1. The minimum absolute atomic E-state index is 0.330. The zero-order valence-corrected chi connectivity index (χ0v) is 9.69. The van der Waals surface area contributed by atoms with Gasteiger partial charge in [0.15, 0.2) is 0 Å². The average molecular weight is 224 g/mol. The van der Waals surface area contributed by atoms with Gasteiger partial charge in [-0.15, -0.1) is 0 Å². The Bertz CT molecular complexity index is 355. The number of carbonyl (C=O) groups excluding carboxylic acids is 1. The normalized spacial score (nSPS) is 11.7. The molecule has 0 aliphatic rings. The van der Waals surface area contributed by atoms with E-state index >= 15 is 0 Å². The van der Waals surface area contributed by atoms with Gasteiger partial charge in [-0.3, -0.25) is 0 Å². The van der Waals surface area contributed by atoms with Crippen LogP contribution in [0.25, 0.3) is 0 Å². The van der Waals surface area contributed by atoms with Gasteiger partial charge in [0, 0.05) is 6.07 Å². The van der Waals surface area contributed by atoms with Gasteiger partial charge >= 0.3 is 5.97 Å². The highest BCUT2D eigenvalue weighted by Crippen LogP contribution is 2.12. The molecule has 1 rings (SSSR count). The van der Waals surface area contributed by atoms with Gasteiger partial charge in [0.1, 0.15) is 11.9 Å². The number of hydrogen-bond donors (Lipinski definition) is 1. The molecular formula is C11H16N2O3. The van der Waals surface area contributed by atoms with Gasteiger partial charge in [0.25, 0.3) is 0 Å². The fraction of sp³-hybridized carbons (Fsp3) is 0.455. The summed E-state index contributed by atoms with van der Waals surface area (Å²) >= 11 is 0. The lowest BCUT2D eigenvalue weighted by Crippen LogP contribution is -2.27. The number of aromatic nitrogens is 1. The number of pyridine rings is 1. The van der Waals surface area contributed by atoms with Crippen molar-refractivity contribution < 1.29 is 14.3 Å². The van der Waals surface area contributed by atoms with E-state index in [0.29, 0.717) is 18.3 Å². The van der Waals surface area contributed by atoms with E-state index < -0.39 is 6.04 Å². The third kappa shape index (κ3) is 3.42. The lowest BCUT2D eigenvalue weighted by atomic mass is 10.3. The molecule has 0 spiro atoms. The van der Waals surface area contributed by atoms with Crippen LogP contribution in [0.3, 0.4) is 0 Å². The van der Waals surface area contributed by atoms with Gasteiger partial charge < -0.3 is 14.8 Å². The van der Waals surface area contributed by atoms with Crippen molar-refractivity contribution in [3.05, 3.63) is 18.2 Å². The molecule has 5 nitrogen and oxygen atoms in total. The van der Waals surface area contributed by atoms with Crippen LogP contribution in [0, 0.1) is 0 Å². The molecule has 1 atom stereocenters. The van der Waals surface area contributed by atoms with Crippen LogP contribution in [0.5, 0.6) is 5.88 Å². The molecule has 0 bridgehead atoms. The number of anilines is 1. The number of hydrogen-bond acceptors (Lipinski definition) is 5. The molecule has 5 heteroatoms. The summed E-state index contributed by atoms with van der Waals surface area (Å²) in [5.74, 6) is 0.789. The number of esters is 1. The maximum Gasteiger partial charge on any atom is 0.328 e. The van der Waals surface area contributed by atoms with E-state index in [0.717, 1.165) is 0 Å². The first-order valence-corrected chi connectivity index (χ1v) is 5.11. The summed E-state index contributed by atoms with van der Waals surface area (Å²) in [6.07, 6.45) is 0. The van der Waals surface area contributed by atoms with Crippen LogP contribution >= 0.6 is 0 Å². The Balaban J connectivity index is 2.66. The monoisotopic (exact) mass is 224 g/mol. The SMILES string of the molecule is CCOc1cccc(NC(C)C(=O)OC)n1. The quantitative estimate of drug-likeness (QED) is 0.767. The number of ether oxygens (including phenoxy) is 2. The molecule has 0 aliphatic carbocycles. The number of methoxy groups -OCH3 is 1. The third-order valence-electron chi connectivity index (χ3n) is 1.93. The van der Waals surface area contributed by atoms with Crippen molar-refractivity contribution in [3.63, 3.8) is 0 Å². The summed E-state index contributed by atoms with van der Waals surface area (Å²) < 4.78 is 9.85. The molecule has 0 saturated heterocycles. The number of rotatable bonds is 5. The maximum absolute atomic E-state index is 11.2. The van der Waals surface area contributed by atoms with Crippen LogP contribution in [-0.2, 0) is 9.53 Å². The number of nitrogens with one attached hydrogen (secondary N) is 1. The van der Waals surface area contributed by atoms with Crippen molar-refractivity contribution in [1.82, 2.24) is 4.98 Å². The van der Waals surface area contributed by atoms with E-state index in [4.69, 9.17) is 4.74 Å². The average Bonchev–Trinajstić information content (AvgIpc) is 2.29. The van der Waals surface area contributed by atoms with Gasteiger partial charge in [-0.25, -0.2) is 4.79 Å². The van der Waals surface area contributed by atoms with Gasteiger partial charge in [0.2, 0.25) is 5.88 Å².